The molecule has 1 aliphatic carbocycles. The molecule has 1 aliphatic rings. The molecule has 45 heavy (non-hydrogen) atoms. The van der Waals surface area contributed by atoms with Crippen LogP contribution in [0, 0.1) is 0 Å². The Bertz CT molecular complexity index is 1720. The van der Waals surface area contributed by atoms with Crippen molar-refractivity contribution in [2.24, 2.45) is 0 Å². The first-order valence-electron chi connectivity index (χ1n) is 16.1. The van der Waals surface area contributed by atoms with E-state index in [1.165, 1.54) is 30.4 Å². The van der Waals surface area contributed by atoms with Gasteiger partial charge in [0, 0.05) is 0 Å². The van der Waals surface area contributed by atoms with Crippen molar-refractivity contribution in [3.05, 3.63) is 181 Å². The van der Waals surface area contributed by atoms with Crippen LogP contribution in [0.25, 0.3) is 0 Å². The molecule has 0 unspecified atom stereocenters. The Balaban J connectivity index is 1.27. The Morgan fingerprint density at radius 3 is 1.20 bits per heavy atom. The van der Waals surface area contributed by atoms with Gasteiger partial charge in [0.05, 0.1) is 0 Å². The third-order valence-corrected chi connectivity index (χ3v) is 13.2. The number of para-hydroxylation sites is 2. The van der Waals surface area contributed by atoms with E-state index in [2.05, 4.69) is 138 Å². The Morgan fingerprint density at radius 2 is 0.756 bits per heavy atom. The van der Waals surface area contributed by atoms with Gasteiger partial charge < -0.3 is 0 Å². The molecule has 0 bridgehead atoms. The van der Waals surface area contributed by atoms with Crippen molar-refractivity contribution in [3.8, 4) is 0 Å². The molecule has 0 saturated heterocycles. The second-order valence-corrected chi connectivity index (χ2v) is 15.4. The molecule has 0 aliphatic heterocycles. The topological polar surface area (TPSA) is 23.5 Å². The van der Waals surface area contributed by atoms with Gasteiger partial charge in [0.15, 0.2) is 0 Å². The predicted octanol–water partition coefficient (Wildman–Crippen LogP) is 9.34. The van der Waals surface area contributed by atoms with E-state index in [0.717, 1.165) is 45.8 Å². The fourth-order valence-corrected chi connectivity index (χ4v) is 10.3. The molecule has 0 atom stereocenters. The van der Waals surface area contributed by atoms with Crippen LogP contribution in [0.3, 0.4) is 0 Å². The summed E-state index contributed by atoms with van der Waals surface area (Å²) in [5.74, 6) is 0. The monoisotopic (exact) mass is 605 g/mol. The summed E-state index contributed by atoms with van der Waals surface area (Å²) < 4.78 is 0. The third kappa shape index (κ3) is 5.61. The number of hydrogen-bond donors (Lipinski definition) is 1. The van der Waals surface area contributed by atoms with E-state index in [4.69, 9.17) is 0 Å². The zero-order valence-electron chi connectivity index (χ0n) is 25.6. The summed E-state index contributed by atoms with van der Waals surface area (Å²) in [5.41, 5.74) is 6.12. The minimum atomic E-state index is -3.14. The van der Waals surface area contributed by atoms with Crippen LogP contribution in [0.1, 0.15) is 43.2 Å². The van der Waals surface area contributed by atoms with E-state index in [-0.39, 0.29) is 5.41 Å². The average Bonchev–Trinajstić information content (AvgIpc) is 3.14. The normalized spacial score (nSPS) is 14.9. The van der Waals surface area contributed by atoms with Gasteiger partial charge in [-0.25, -0.2) is 0 Å². The molecule has 1 saturated carbocycles. The number of rotatable bonds is 8. The first-order chi connectivity index (χ1) is 22.2. The Morgan fingerprint density at radius 1 is 0.400 bits per heavy atom. The van der Waals surface area contributed by atoms with E-state index in [1.807, 2.05) is 36.4 Å². The fraction of sp³-hybridized carbons (Fsp3) is 0.143. The average molecular weight is 606 g/mol. The van der Waals surface area contributed by atoms with Crippen molar-refractivity contribution >= 4 is 40.5 Å². The molecule has 6 aromatic rings. The summed E-state index contributed by atoms with van der Waals surface area (Å²) in [6, 6.07) is 59.9. The summed E-state index contributed by atoms with van der Waals surface area (Å²) in [4.78, 5) is 14.8. The summed E-state index contributed by atoms with van der Waals surface area (Å²) in [5, 5.41) is 3.04. The van der Waals surface area contributed by atoms with Crippen LogP contribution < -0.4 is 20.8 Å². The zero-order valence-corrected chi connectivity index (χ0v) is 26.6. The molecule has 0 heterocycles. The SMILES string of the molecule is O[PH](c1ccccc1)(c1ccccc1)c1ccc(C2(c3ccc(N(c4ccccc4)c4ccccc4)cc3)CCCCC2)cc1. The molecule has 1 fully saturated rings. The van der Waals surface area contributed by atoms with Gasteiger partial charge in [-0.05, 0) is 0 Å². The molecule has 3 heteroatoms. The molecular weight excluding hydrogens is 565 g/mol. The number of benzene rings is 6. The second kappa shape index (κ2) is 12.9. The van der Waals surface area contributed by atoms with Crippen molar-refractivity contribution in [1.29, 1.82) is 0 Å². The van der Waals surface area contributed by atoms with Crippen molar-refractivity contribution < 1.29 is 4.89 Å². The van der Waals surface area contributed by atoms with Crippen LogP contribution in [0.2, 0.25) is 0 Å². The summed E-state index contributed by atoms with van der Waals surface area (Å²) in [7, 11) is -3.14. The van der Waals surface area contributed by atoms with Crippen LogP contribution in [-0.2, 0) is 5.41 Å². The summed E-state index contributed by atoms with van der Waals surface area (Å²) >= 11 is 0. The van der Waals surface area contributed by atoms with Crippen LogP contribution >= 0.6 is 7.49 Å². The van der Waals surface area contributed by atoms with Crippen LogP contribution in [-0.4, -0.2) is 4.89 Å². The third-order valence-electron chi connectivity index (χ3n) is 9.65. The van der Waals surface area contributed by atoms with Crippen LogP contribution in [0.15, 0.2) is 170 Å². The van der Waals surface area contributed by atoms with Crippen molar-refractivity contribution in [2.45, 2.75) is 37.5 Å². The van der Waals surface area contributed by atoms with Gasteiger partial charge in [0.2, 0.25) is 0 Å². The summed E-state index contributed by atoms with van der Waals surface area (Å²) in [6.07, 6.45) is 5.98. The van der Waals surface area contributed by atoms with Gasteiger partial charge in [-0.3, -0.25) is 0 Å². The molecule has 224 valence electrons. The molecular formula is C42H40NOP. The van der Waals surface area contributed by atoms with Gasteiger partial charge in [-0.1, -0.05) is 36.4 Å². The Hall–Kier alpha value is -4.49. The summed E-state index contributed by atoms with van der Waals surface area (Å²) in [6.45, 7) is 0. The van der Waals surface area contributed by atoms with E-state index in [0.29, 0.717) is 0 Å². The molecule has 2 nitrogen and oxygen atoms in total. The molecule has 1 N–H and O–H groups in total. The standard InChI is InChI=1S/C42H40NOP/c44-45(39-20-10-3-11-21-39,40-22-12-4-13-23-40)41-30-26-35(27-31-41)42(32-14-5-15-33-42)34-24-28-38(29-25-34)43(36-16-6-1-7-17-36)37-18-8-2-9-19-37/h1-4,6-13,16-31,44-45H,5,14-15,32-33H2. The van der Waals surface area contributed by atoms with Crippen molar-refractivity contribution in [1.82, 2.24) is 0 Å². The van der Waals surface area contributed by atoms with E-state index < -0.39 is 7.49 Å². The Labute approximate surface area is 268 Å². The van der Waals surface area contributed by atoms with Gasteiger partial charge in [0.25, 0.3) is 0 Å². The van der Waals surface area contributed by atoms with E-state index >= 15 is 0 Å². The van der Waals surface area contributed by atoms with Gasteiger partial charge in [-0.15, -0.1) is 0 Å². The second-order valence-electron chi connectivity index (χ2n) is 12.2. The number of nitrogens with zero attached hydrogens (tertiary/aromatic N) is 1. The van der Waals surface area contributed by atoms with Gasteiger partial charge >= 0.3 is 232 Å². The maximum atomic E-state index is 12.5. The van der Waals surface area contributed by atoms with Crippen LogP contribution in [0.5, 0.6) is 0 Å². The van der Waals surface area contributed by atoms with Gasteiger partial charge in [0.1, 0.15) is 0 Å². The van der Waals surface area contributed by atoms with E-state index in [9.17, 15) is 4.89 Å². The molecule has 7 rings (SSSR count). The maximum absolute atomic E-state index is 12.5. The van der Waals surface area contributed by atoms with Crippen molar-refractivity contribution in [3.63, 3.8) is 0 Å². The molecule has 0 aromatic heterocycles. The number of hydrogen-bond acceptors (Lipinski definition) is 2. The minimum absolute atomic E-state index is 0.0429. The molecule has 0 spiro atoms. The van der Waals surface area contributed by atoms with Crippen molar-refractivity contribution in [2.75, 3.05) is 4.90 Å². The van der Waals surface area contributed by atoms with Gasteiger partial charge in [-0.2, -0.15) is 0 Å². The fourth-order valence-electron chi connectivity index (χ4n) is 7.32. The number of anilines is 3. The Kier molecular flexibility index (Phi) is 8.35. The molecule has 6 aromatic carbocycles. The predicted molar refractivity (Wildman–Crippen MR) is 194 cm³/mol. The first-order valence-corrected chi connectivity index (χ1v) is 18.1. The quantitative estimate of drug-likeness (QED) is 0.175. The van der Waals surface area contributed by atoms with E-state index in [1.54, 1.807) is 0 Å². The zero-order chi connectivity index (χ0) is 30.5. The molecule has 0 amide bonds. The first kappa shape index (κ1) is 29.2. The van der Waals surface area contributed by atoms with Crippen LogP contribution in [0.4, 0.5) is 17.1 Å². The molecule has 0 radical (unpaired) electrons.